The van der Waals surface area contributed by atoms with Gasteiger partial charge in [-0.2, -0.15) is 0 Å². The van der Waals surface area contributed by atoms with Gasteiger partial charge in [0.2, 0.25) is 0 Å². The Morgan fingerprint density at radius 1 is 1.19 bits per heavy atom. The highest BCUT2D eigenvalue weighted by molar-refractivity contribution is 7.85. The fourth-order valence-electron chi connectivity index (χ4n) is 3.80. The quantitative estimate of drug-likeness (QED) is 0.374. The van der Waals surface area contributed by atoms with Crippen LogP contribution in [0.5, 0.6) is 0 Å². The number of ether oxygens (including phenoxy) is 1. The zero-order valence-electron chi connectivity index (χ0n) is 19.4. The van der Waals surface area contributed by atoms with Crippen molar-refractivity contribution in [3.05, 3.63) is 60.0 Å². The third kappa shape index (κ3) is 5.16. The second-order valence-electron chi connectivity index (χ2n) is 8.05. The summed E-state index contributed by atoms with van der Waals surface area (Å²) in [5, 5.41) is 11.0. The van der Waals surface area contributed by atoms with E-state index in [1.807, 2.05) is 24.3 Å². The highest BCUT2D eigenvalue weighted by Gasteiger charge is 2.23. The molecule has 10 nitrogen and oxygen atoms in total. The molecule has 5 rings (SSSR count). The van der Waals surface area contributed by atoms with Crippen LogP contribution in [0.1, 0.15) is 16.3 Å². The molecule has 1 fully saturated rings. The van der Waals surface area contributed by atoms with Crippen LogP contribution >= 0.6 is 0 Å². The first-order valence-corrected chi connectivity index (χ1v) is 12.2. The van der Waals surface area contributed by atoms with Crippen LogP contribution in [0, 0.1) is 5.82 Å². The number of halogens is 1. The number of nitrogens with one attached hydrogen (secondary N) is 1. The molecular weight excluding hydrogens is 487 g/mol. The lowest BCUT2D eigenvalue weighted by molar-refractivity contribution is 0.199. The highest BCUT2D eigenvalue weighted by Crippen LogP contribution is 2.30. The fraction of sp³-hybridized carbons (Fsp3) is 0.250. The van der Waals surface area contributed by atoms with Gasteiger partial charge in [-0.05, 0) is 43.3 Å². The van der Waals surface area contributed by atoms with Gasteiger partial charge in [-0.25, -0.2) is 14.4 Å². The molecule has 5 N–H and O–H groups in total. The second kappa shape index (κ2) is 11.0. The molecule has 194 valence electrons. The zero-order chi connectivity index (χ0) is 24.4. The van der Waals surface area contributed by atoms with E-state index in [-0.39, 0.29) is 43.9 Å². The van der Waals surface area contributed by atoms with Crippen molar-refractivity contribution in [3.8, 4) is 34.3 Å². The molecule has 1 saturated heterocycles. The monoisotopic (exact) mass is 518 g/mol. The van der Waals surface area contributed by atoms with Crippen molar-refractivity contribution in [2.45, 2.75) is 23.1 Å². The van der Waals surface area contributed by atoms with Gasteiger partial charge >= 0.3 is 0 Å². The summed E-state index contributed by atoms with van der Waals surface area (Å²) >= 11 is 0. The van der Waals surface area contributed by atoms with Gasteiger partial charge in [0.15, 0.2) is 11.5 Å². The fourth-order valence-corrected chi connectivity index (χ4v) is 5.12. The molecule has 1 aliphatic heterocycles. The molecule has 3 heterocycles. The van der Waals surface area contributed by atoms with Gasteiger partial charge in [-0.1, -0.05) is 18.2 Å². The standard InChI is InChI=1S/C24H23FN6O3S.H2O.3H2/c1-27-11-14-2-7-18(19(25)10-14)23-30-31-24(34-23)21-22(26)28-12-20(29-21)15-3-5-16(6-4-15)35(32)17-8-9-33-13-17;;;;/h2-7,10,12,17,27H,8-9,11,13H2,1H3,(H2,26,28);1H2;3*1H. The molecule has 0 aliphatic carbocycles. The van der Waals surface area contributed by atoms with E-state index in [0.29, 0.717) is 25.5 Å². The minimum Gasteiger partial charge on any atom is -0.414 e. The summed E-state index contributed by atoms with van der Waals surface area (Å²) < 4.78 is 38.3. The Morgan fingerprint density at radius 2 is 1.97 bits per heavy atom. The molecule has 4 aromatic rings. The maximum Gasteiger partial charge on any atom is 0.270 e. The number of rotatable bonds is 7. The van der Waals surface area contributed by atoms with Gasteiger partial charge in [0.25, 0.3) is 11.8 Å². The van der Waals surface area contributed by atoms with Gasteiger partial charge in [0, 0.05) is 27.9 Å². The highest BCUT2D eigenvalue weighted by atomic mass is 32.2. The number of nitrogen functional groups attached to an aromatic ring is 1. The van der Waals surface area contributed by atoms with Crippen molar-refractivity contribution in [3.63, 3.8) is 0 Å². The average molecular weight is 519 g/mol. The van der Waals surface area contributed by atoms with Crippen molar-refractivity contribution in [2.75, 3.05) is 26.0 Å². The molecule has 12 heteroatoms. The number of nitrogens with two attached hydrogens (primary N) is 1. The molecule has 0 bridgehead atoms. The summed E-state index contributed by atoms with van der Waals surface area (Å²) in [6.45, 7) is 1.69. The van der Waals surface area contributed by atoms with E-state index in [9.17, 15) is 8.60 Å². The molecule has 36 heavy (non-hydrogen) atoms. The number of hydrogen-bond donors (Lipinski definition) is 2. The van der Waals surface area contributed by atoms with Gasteiger partial charge < -0.3 is 25.7 Å². The smallest absolute Gasteiger partial charge is 0.270 e. The first-order chi connectivity index (χ1) is 17.0. The van der Waals surface area contributed by atoms with Gasteiger partial charge in [0.05, 0.1) is 40.1 Å². The van der Waals surface area contributed by atoms with Crippen molar-refractivity contribution < 1.29 is 27.5 Å². The lowest BCUT2D eigenvalue weighted by atomic mass is 10.1. The molecule has 2 aromatic carbocycles. The van der Waals surface area contributed by atoms with Crippen LogP contribution in [0.2, 0.25) is 0 Å². The van der Waals surface area contributed by atoms with Crippen molar-refractivity contribution in [1.29, 1.82) is 0 Å². The molecule has 0 amide bonds. The van der Waals surface area contributed by atoms with E-state index in [0.717, 1.165) is 22.4 Å². The van der Waals surface area contributed by atoms with Crippen LogP contribution in [0.4, 0.5) is 10.2 Å². The van der Waals surface area contributed by atoms with Crippen LogP contribution in [-0.2, 0) is 22.1 Å². The predicted molar refractivity (Wildman–Crippen MR) is 139 cm³/mol. The molecular formula is C24H31FN6O4S. The molecule has 0 radical (unpaired) electrons. The molecule has 1 aliphatic rings. The average Bonchev–Trinajstić information content (AvgIpc) is 3.57. The minimum atomic E-state index is -1.13. The van der Waals surface area contributed by atoms with E-state index in [2.05, 4.69) is 25.5 Å². The largest absolute Gasteiger partial charge is 0.414 e. The minimum absolute atomic E-state index is 0. The van der Waals surface area contributed by atoms with E-state index in [4.69, 9.17) is 14.9 Å². The van der Waals surface area contributed by atoms with Gasteiger partial charge in [0.1, 0.15) is 5.82 Å². The third-order valence-corrected chi connectivity index (χ3v) is 7.36. The first-order valence-electron chi connectivity index (χ1n) is 11.0. The normalized spacial score (nSPS) is 16.0. The summed E-state index contributed by atoms with van der Waals surface area (Å²) in [5.41, 5.74) is 8.49. The first kappa shape index (κ1) is 25.5. The molecule has 2 unspecified atom stereocenters. The third-order valence-electron chi connectivity index (χ3n) is 5.65. The Balaban J connectivity index is 0.00000190. The summed E-state index contributed by atoms with van der Waals surface area (Å²) in [6.07, 6.45) is 2.32. The zero-order valence-corrected chi connectivity index (χ0v) is 20.2. The number of hydrogen-bond acceptors (Lipinski definition) is 9. The van der Waals surface area contributed by atoms with Crippen LogP contribution < -0.4 is 11.1 Å². The molecule has 0 saturated carbocycles. The number of benzene rings is 2. The van der Waals surface area contributed by atoms with E-state index in [1.165, 1.54) is 12.3 Å². The SMILES string of the molecule is CNCc1ccc(-c2nnc(-c3nc(-c4ccc(S(=O)C5CCOC5)cc4)cnc3N)o2)c(F)c1.O.[HH].[HH].[HH]. The Kier molecular flexibility index (Phi) is 7.79. The van der Waals surface area contributed by atoms with Crippen LogP contribution in [0.3, 0.4) is 0 Å². The van der Waals surface area contributed by atoms with Crippen molar-refractivity contribution in [2.24, 2.45) is 0 Å². The number of nitrogens with zero attached hydrogens (tertiary/aromatic N) is 4. The number of anilines is 1. The summed E-state index contributed by atoms with van der Waals surface area (Å²) in [5.74, 6) is -0.317. The maximum absolute atomic E-state index is 14.6. The molecule has 2 atom stereocenters. The molecule has 2 aromatic heterocycles. The second-order valence-corrected chi connectivity index (χ2v) is 9.79. The van der Waals surface area contributed by atoms with E-state index in [1.54, 1.807) is 19.2 Å². The summed E-state index contributed by atoms with van der Waals surface area (Å²) in [4.78, 5) is 9.50. The lowest BCUT2D eigenvalue weighted by Gasteiger charge is -2.09. The molecule has 0 spiro atoms. The Bertz CT molecular complexity index is 1390. The van der Waals surface area contributed by atoms with Crippen LogP contribution in [0.15, 0.2) is 58.0 Å². The topological polar surface area (TPSA) is 161 Å². The summed E-state index contributed by atoms with van der Waals surface area (Å²) in [7, 11) is 0.658. The van der Waals surface area contributed by atoms with Gasteiger partial charge in [-0.15, -0.1) is 10.2 Å². The van der Waals surface area contributed by atoms with Gasteiger partial charge in [-0.3, -0.25) is 4.21 Å². The maximum atomic E-state index is 14.6. The van der Waals surface area contributed by atoms with E-state index >= 15 is 0 Å². The predicted octanol–water partition coefficient (Wildman–Crippen LogP) is 3.11. The Morgan fingerprint density at radius 3 is 2.67 bits per heavy atom. The van der Waals surface area contributed by atoms with Crippen molar-refractivity contribution in [1.82, 2.24) is 25.5 Å². The Hall–Kier alpha value is -3.58. The van der Waals surface area contributed by atoms with E-state index < -0.39 is 16.6 Å². The number of aromatic nitrogens is 4. The van der Waals surface area contributed by atoms with Crippen LogP contribution in [-0.4, -0.2) is 55.4 Å². The Labute approximate surface area is 213 Å². The van der Waals surface area contributed by atoms with Crippen molar-refractivity contribution >= 4 is 16.6 Å². The summed E-state index contributed by atoms with van der Waals surface area (Å²) in [6, 6.07) is 12.1. The van der Waals surface area contributed by atoms with Crippen LogP contribution in [0.25, 0.3) is 34.3 Å². The lowest BCUT2D eigenvalue weighted by Crippen LogP contribution is -2.14.